The zero-order valence-corrected chi connectivity index (χ0v) is 15.7. The molecular formula is C19H15ClN4O5. The van der Waals surface area contributed by atoms with Crippen molar-refractivity contribution in [2.75, 3.05) is 11.9 Å². The first-order valence-corrected chi connectivity index (χ1v) is 8.79. The first-order chi connectivity index (χ1) is 14.0. The van der Waals surface area contributed by atoms with Crippen LogP contribution in [0.25, 0.3) is 0 Å². The summed E-state index contributed by atoms with van der Waals surface area (Å²) in [6.07, 6.45) is 1.51. The van der Waals surface area contributed by atoms with Gasteiger partial charge in [-0.3, -0.25) is 14.9 Å². The average molecular weight is 415 g/mol. The number of nitrogens with one attached hydrogen (secondary N) is 1. The molecule has 3 aromatic rings. The van der Waals surface area contributed by atoms with E-state index >= 15 is 0 Å². The summed E-state index contributed by atoms with van der Waals surface area (Å²) in [7, 11) is 0. The molecule has 0 saturated carbocycles. The topological polar surface area (TPSA) is 116 Å². The number of carbonyl (C=O) groups is 2. The van der Waals surface area contributed by atoms with E-state index in [4.69, 9.17) is 16.3 Å². The SMILES string of the molecule is O=C(COC(=O)c1ccccc1[N+](=O)[O-])Nc1ccnn1Cc1ccccc1Cl. The van der Waals surface area contributed by atoms with Gasteiger partial charge >= 0.3 is 5.97 Å². The summed E-state index contributed by atoms with van der Waals surface area (Å²) in [5, 5.41) is 18.3. The lowest BCUT2D eigenvalue weighted by atomic mass is 10.2. The highest BCUT2D eigenvalue weighted by Gasteiger charge is 2.21. The standard InChI is InChI=1S/C19H15ClN4O5/c20-15-7-3-1-5-13(15)11-23-17(9-10-21-23)22-18(25)12-29-19(26)14-6-2-4-8-16(14)24(27)28/h1-10H,11-12H2,(H,22,25). The Kier molecular flexibility index (Phi) is 6.20. The maximum Gasteiger partial charge on any atom is 0.345 e. The van der Waals surface area contributed by atoms with E-state index in [1.165, 1.54) is 35.1 Å². The van der Waals surface area contributed by atoms with Crippen LogP contribution in [-0.2, 0) is 16.1 Å². The van der Waals surface area contributed by atoms with Crippen molar-refractivity contribution in [1.82, 2.24) is 9.78 Å². The van der Waals surface area contributed by atoms with E-state index in [0.717, 1.165) is 5.56 Å². The number of aromatic nitrogens is 2. The molecule has 10 heteroatoms. The first kappa shape index (κ1) is 20.0. The molecule has 0 bridgehead atoms. The highest BCUT2D eigenvalue weighted by Crippen LogP contribution is 2.19. The Morgan fingerprint density at radius 3 is 2.62 bits per heavy atom. The Morgan fingerprint density at radius 1 is 1.14 bits per heavy atom. The van der Waals surface area contributed by atoms with E-state index in [1.807, 2.05) is 18.2 Å². The van der Waals surface area contributed by atoms with Crippen LogP contribution in [0.4, 0.5) is 11.5 Å². The second kappa shape index (κ2) is 8.98. The minimum atomic E-state index is -0.961. The highest BCUT2D eigenvalue weighted by molar-refractivity contribution is 6.31. The Morgan fingerprint density at radius 2 is 1.86 bits per heavy atom. The number of amides is 1. The molecule has 1 heterocycles. The minimum Gasteiger partial charge on any atom is -0.452 e. The summed E-state index contributed by atoms with van der Waals surface area (Å²) in [5.74, 6) is -1.19. The van der Waals surface area contributed by atoms with Crippen LogP contribution in [0.5, 0.6) is 0 Å². The second-order valence-corrected chi connectivity index (χ2v) is 6.27. The van der Waals surface area contributed by atoms with Gasteiger partial charge in [0.05, 0.1) is 17.7 Å². The number of esters is 1. The zero-order chi connectivity index (χ0) is 20.8. The van der Waals surface area contributed by atoms with Crippen LogP contribution in [0.3, 0.4) is 0 Å². The van der Waals surface area contributed by atoms with Gasteiger partial charge in [-0.2, -0.15) is 5.10 Å². The Bertz CT molecular complexity index is 1070. The van der Waals surface area contributed by atoms with Gasteiger partial charge in [-0.15, -0.1) is 0 Å². The number of carbonyl (C=O) groups excluding carboxylic acids is 2. The molecule has 1 N–H and O–H groups in total. The summed E-state index contributed by atoms with van der Waals surface area (Å²) in [4.78, 5) is 34.5. The fourth-order valence-electron chi connectivity index (χ4n) is 2.55. The van der Waals surface area contributed by atoms with E-state index in [2.05, 4.69) is 10.4 Å². The molecule has 0 spiro atoms. The summed E-state index contributed by atoms with van der Waals surface area (Å²) >= 11 is 6.14. The predicted molar refractivity (Wildman–Crippen MR) is 105 cm³/mol. The molecular weight excluding hydrogens is 400 g/mol. The molecule has 0 aliphatic rings. The summed E-state index contributed by atoms with van der Waals surface area (Å²) in [6, 6.07) is 14.2. The van der Waals surface area contributed by atoms with Crippen LogP contribution in [0, 0.1) is 10.1 Å². The molecule has 9 nitrogen and oxygen atoms in total. The van der Waals surface area contributed by atoms with Crippen molar-refractivity contribution in [1.29, 1.82) is 0 Å². The number of rotatable bonds is 7. The molecule has 0 aliphatic carbocycles. The van der Waals surface area contributed by atoms with E-state index in [-0.39, 0.29) is 5.56 Å². The number of ether oxygens (including phenoxy) is 1. The zero-order valence-electron chi connectivity index (χ0n) is 14.9. The maximum absolute atomic E-state index is 12.1. The number of para-hydroxylation sites is 1. The van der Waals surface area contributed by atoms with Crippen LogP contribution in [0.1, 0.15) is 15.9 Å². The van der Waals surface area contributed by atoms with Crippen molar-refractivity contribution >= 4 is 35.0 Å². The number of hydrogen-bond donors (Lipinski definition) is 1. The Labute approximate surface area is 170 Å². The Balaban J connectivity index is 1.61. The molecule has 3 rings (SSSR count). The molecule has 0 radical (unpaired) electrons. The fraction of sp³-hybridized carbons (Fsp3) is 0.105. The molecule has 1 amide bonds. The average Bonchev–Trinajstić information content (AvgIpc) is 3.14. The third-order valence-electron chi connectivity index (χ3n) is 3.92. The minimum absolute atomic E-state index is 0.228. The lowest BCUT2D eigenvalue weighted by Crippen LogP contribution is -2.23. The number of nitrogens with zero attached hydrogens (tertiary/aromatic N) is 3. The number of benzene rings is 2. The highest BCUT2D eigenvalue weighted by atomic mass is 35.5. The van der Waals surface area contributed by atoms with Gasteiger partial charge in [-0.25, -0.2) is 9.48 Å². The van der Waals surface area contributed by atoms with Crippen LogP contribution in [0.2, 0.25) is 5.02 Å². The van der Waals surface area contributed by atoms with Crippen LogP contribution in [0.15, 0.2) is 60.8 Å². The van der Waals surface area contributed by atoms with E-state index in [9.17, 15) is 19.7 Å². The van der Waals surface area contributed by atoms with Crippen LogP contribution < -0.4 is 5.32 Å². The van der Waals surface area contributed by atoms with E-state index < -0.39 is 29.1 Å². The molecule has 0 unspecified atom stereocenters. The summed E-state index contributed by atoms with van der Waals surface area (Å²) in [5.41, 5.74) is 0.195. The molecule has 0 aliphatic heterocycles. The molecule has 29 heavy (non-hydrogen) atoms. The number of hydrogen-bond acceptors (Lipinski definition) is 6. The fourth-order valence-corrected chi connectivity index (χ4v) is 2.74. The third-order valence-corrected chi connectivity index (χ3v) is 4.29. The van der Waals surface area contributed by atoms with Gasteiger partial charge < -0.3 is 10.1 Å². The van der Waals surface area contributed by atoms with Gasteiger partial charge in [-0.1, -0.05) is 41.9 Å². The number of anilines is 1. The van der Waals surface area contributed by atoms with E-state index in [0.29, 0.717) is 17.4 Å². The van der Waals surface area contributed by atoms with Crippen molar-refractivity contribution < 1.29 is 19.2 Å². The number of nitro groups is 1. The van der Waals surface area contributed by atoms with E-state index in [1.54, 1.807) is 12.1 Å². The molecule has 148 valence electrons. The maximum atomic E-state index is 12.1. The van der Waals surface area contributed by atoms with Gasteiger partial charge in [0.2, 0.25) is 0 Å². The predicted octanol–water partition coefficient (Wildman–Crippen LogP) is 3.29. The lowest BCUT2D eigenvalue weighted by Gasteiger charge is -2.10. The second-order valence-electron chi connectivity index (χ2n) is 5.86. The monoisotopic (exact) mass is 414 g/mol. The molecule has 0 atom stereocenters. The Hall–Kier alpha value is -3.72. The van der Waals surface area contributed by atoms with Crippen molar-refractivity contribution in [3.63, 3.8) is 0 Å². The quantitative estimate of drug-likeness (QED) is 0.360. The molecule has 2 aromatic carbocycles. The lowest BCUT2D eigenvalue weighted by molar-refractivity contribution is -0.385. The van der Waals surface area contributed by atoms with Crippen molar-refractivity contribution in [2.24, 2.45) is 0 Å². The molecule has 0 fully saturated rings. The van der Waals surface area contributed by atoms with Crippen molar-refractivity contribution in [3.05, 3.63) is 87.1 Å². The first-order valence-electron chi connectivity index (χ1n) is 8.41. The third kappa shape index (κ3) is 4.96. The largest absolute Gasteiger partial charge is 0.452 e. The van der Waals surface area contributed by atoms with Crippen molar-refractivity contribution in [3.8, 4) is 0 Å². The van der Waals surface area contributed by atoms with Crippen molar-refractivity contribution in [2.45, 2.75) is 6.54 Å². The van der Waals surface area contributed by atoms with Gasteiger partial charge in [0, 0.05) is 17.2 Å². The van der Waals surface area contributed by atoms with Gasteiger partial charge in [-0.05, 0) is 17.7 Å². The summed E-state index contributed by atoms with van der Waals surface area (Å²) in [6.45, 7) is -0.277. The smallest absolute Gasteiger partial charge is 0.345 e. The number of halogens is 1. The summed E-state index contributed by atoms with van der Waals surface area (Å²) < 4.78 is 6.43. The molecule has 1 aromatic heterocycles. The van der Waals surface area contributed by atoms with Gasteiger partial charge in [0.25, 0.3) is 11.6 Å². The van der Waals surface area contributed by atoms with Gasteiger partial charge in [0.1, 0.15) is 11.4 Å². The molecule has 0 saturated heterocycles. The number of nitro benzene ring substituents is 1. The normalized spacial score (nSPS) is 10.4. The van der Waals surface area contributed by atoms with Gasteiger partial charge in [0.15, 0.2) is 6.61 Å². The van der Waals surface area contributed by atoms with Crippen LogP contribution >= 0.6 is 11.6 Å². The van der Waals surface area contributed by atoms with Crippen LogP contribution in [-0.4, -0.2) is 33.2 Å².